The van der Waals surface area contributed by atoms with Crippen molar-refractivity contribution < 1.29 is 23.6 Å². The molecule has 2 rings (SSSR count). The van der Waals surface area contributed by atoms with Gasteiger partial charge in [0.15, 0.2) is 5.56 Å². The van der Waals surface area contributed by atoms with Crippen LogP contribution >= 0.6 is 7.80 Å². The van der Waals surface area contributed by atoms with E-state index in [0.29, 0.717) is 5.56 Å². The molecule has 0 aliphatic carbocycles. The van der Waals surface area contributed by atoms with Gasteiger partial charge < -0.3 is 9.47 Å². The molecule has 0 radical (unpaired) electrons. The summed E-state index contributed by atoms with van der Waals surface area (Å²) in [6.45, 7) is 5.17. The third-order valence-electron chi connectivity index (χ3n) is 4.30. The van der Waals surface area contributed by atoms with Gasteiger partial charge in [-0.3, -0.25) is 4.79 Å². The van der Waals surface area contributed by atoms with Crippen molar-refractivity contribution in [3.05, 3.63) is 58.7 Å². The quantitative estimate of drug-likeness (QED) is 0.526. The van der Waals surface area contributed by atoms with Crippen LogP contribution in [-0.4, -0.2) is 31.2 Å². The Morgan fingerprint density at radius 3 is 1.81 bits per heavy atom. The Bertz CT molecular complexity index is 830. The van der Waals surface area contributed by atoms with Crippen LogP contribution < -0.4 is 9.47 Å². The number of methoxy groups -OCH3 is 2. The highest BCUT2D eigenvalue weighted by Gasteiger charge is 2.44. The number of ketones is 1. The van der Waals surface area contributed by atoms with E-state index in [9.17, 15) is 14.2 Å². The van der Waals surface area contributed by atoms with Gasteiger partial charge in [0.2, 0.25) is 11.4 Å². The molecular weight excluding hydrogens is 351 g/mol. The molecule has 0 saturated heterocycles. The van der Waals surface area contributed by atoms with Gasteiger partial charge in [-0.1, -0.05) is 28.8 Å². The van der Waals surface area contributed by atoms with Gasteiger partial charge in [0, 0.05) is 5.56 Å². The third-order valence-corrected chi connectivity index (χ3v) is 5.86. The van der Waals surface area contributed by atoms with E-state index >= 15 is 0 Å². The Hall–Kier alpha value is -2.52. The Kier molecular flexibility index (Phi) is 6.27. The Balaban J connectivity index is 2.40. The first-order valence-corrected chi connectivity index (χ1v) is 9.48. The SMILES string of the molecule is COc1cccc(OC)c1C(=O)[P+](=O)C(C)C(=O)c1c(C)cccc1C. The normalized spacial score (nSPS) is 12.3. The summed E-state index contributed by atoms with van der Waals surface area (Å²) in [4.78, 5) is 25.7. The van der Waals surface area contributed by atoms with Crippen molar-refractivity contribution >= 4 is 19.1 Å². The van der Waals surface area contributed by atoms with E-state index in [1.54, 1.807) is 18.2 Å². The number of Topliss-reactive ketones (excluding diaryl/α,β-unsaturated/α-hetero) is 1. The van der Waals surface area contributed by atoms with E-state index < -0.39 is 19.0 Å². The highest BCUT2D eigenvalue weighted by molar-refractivity contribution is 7.66. The summed E-state index contributed by atoms with van der Waals surface area (Å²) in [5, 5.41) is 0. The van der Waals surface area contributed by atoms with E-state index in [1.807, 2.05) is 32.0 Å². The van der Waals surface area contributed by atoms with Gasteiger partial charge in [-0.2, -0.15) is 0 Å². The average molecular weight is 373 g/mol. The summed E-state index contributed by atoms with van der Waals surface area (Å²) >= 11 is 0. The Morgan fingerprint density at radius 1 is 0.885 bits per heavy atom. The Morgan fingerprint density at radius 2 is 1.35 bits per heavy atom. The smallest absolute Gasteiger partial charge is 0.431 e. The predicted molar refractivity (Wildman–Crippen MR) is 101 cm³/mol. The van der Waals surface area contributed by atoms with Gasteiger partial charge in [0.1, 0.15) is 11.5 Å². The zero-order chi connectivity index (χ0) is 19.4. The minimum Gasteiger partial charge on any atom is -0.496 e. The summed E-state index contributed by atoms with van der Waals surface area (Å²) in [6.07, 6.45) is 0. The van der Waals surface area contributed by atoms with Crippen molar-refractivity contribution in [1.82, 2.24) is 0 Å². The maximum absolute atomic E-state index is 12.9. The molecule has 0 bridgehead atoms. The molecule has 5 nitrogen and oxygen atoms in total. The summed E-state index contributed by atoms with van der Waals surface area (Å²) in [5.41, 5.74) is 0.608. The largest absolute Gasteiger partial charge is 0.496 e. The number of carbonyl (C=O) groups is 2. The van der Waals surface area contributed by atoms with Crippen molar-refractivity contribution in [2.75, 3.05) is 14.2 Å². The van der Waals surface area contributed by atoms with E-state index in [1.165, 1.54) is 21.1 Å². The molecule has 6 heteroatoms. The van der Waals surface area contributed by atoms with Crippen LogP contribution in [0.3, 0.4) is 0 Å². The third kappa shape index (κ3) is 3.68. The topological polar surface area (TPSA) is 69.7 Å². The molecule has 0 aromatic heterocycles. The summed E-state index contributed by atoms with van der Waals surface area (Å²) < 4.78 is 23.3. The first-order valence-electron chi connectivity index (χ1n) is 8.15. The van der Waals surface area contributed by atoms with E-state index in [4.69, 9.17) is 9.47 Å². The number of hydrogen-bond donors (Lipinski definition) is 0. The van der Waals surface area contributed by atoms with Gasteiger partial charge in [0.25, 0.3) is 0 Å². The molecule has 136 valence electrons. The molecule has 0 amide bonds. The molecule has 0 saturated carbocycles. The lowest BCUT2D eigenvalue weighted by molar-refractivity contribution is 0.0980. The van der Waals surface area contributed by atoms with E-state index in [0.717, 1.165) is 11.1 Å². The van der Waals surface area contributed by atoms with Crippen LogP contribution in [0.2, 0.25) is 0 Å². The van der Waals surface area contributed by atoms with Crippen LogP contribution in [0.15, 0.2) is 36.4 Å². The average Bonchev–Trinajstić information content (AvgIpc) is 2.65. The van der Waals surface area contributed by atoms with Crippen molar-refractivity contribution in [1.29, 1.82) is 0 Å². The molecule has 0 N–H and O–H groups in total. The monoisotopic (exact) mass is 373 g/mol. The van der Waals surface area contributed by atoms with Crippen LogP contribution in [0.25, 0.3) is 0 Å². The molecule has 0 fully saturated rings. The van der Waals surface area contributed by atoms with Gasteiger partial charge in [0.05, 0.1) is 14.2 Å². The standard InChI is InChI=1S/C20H22O5P/c1-12-8-6-9-13(2)17(12)19(21)14(3)26(23)20(22)18-15(24-4)10-7-11-16(18)25-5/h6-11,14H,1-5H3/q+1. The van der Waals surface area contributed by atoms with Crippen LogP contribution in [0.5, 0.6) is 11.5 Å². The predicted octanol–water partition coefficient (Wildman–Crippen LogP) is 4.56. The molecule has 26 heavy (non-hydrogen) atoms. The number of carbonyl (C=O) groups excluding carboxylic acids is 2. The van der Waals surface area contributed by atoms with Gasteiger partial charge in [-0.15, -0.1) is 0 Å². The fourth-order valence-corrected chi connectivity index (χ4v) is 4.00. The van der Waals surface area contributed by atoms with Crippen LogP contribution in [0.1, 0.15) is 38.8 Å². The highest BCUT2D eigenvalue weighted by atomic mass is 31.1. The Labute approximate surface area is 154 Å². The molecular formula is C20H22O5P+. The van der Waals surface area contributed by atoms with Gasteiger partial charge in [-0.25, -0.2) is 4.79 Å². The second kappa shape index (κ2) is 8.24. The lowest BCUT2D eigenvalue weighted by Gasteiger charge is -2.10. The zero-order valence-corrected chi connectivity index (χ0v) is 16.4. The zero-order valence-electron chi connectivity index (χ0n) is 15.5. The molecule has 2 aromatic rings. The number of benzene rings is 2. The first kappa shape index (κ1) is 19.8. The van der Waals surface area contributed by atoms with Gasteiger partial charge in [-0.05, 0) is 44.0 Å². The number of aryl methyl sites for hydroxylation is 2. The van der Waals surface area contributed by atoms with Crippen molar-refractivity contribution in [2.45, 2.75) is 26.4 Å². The van der Waals surface area contributed by atoms with E-state index in [-0.39, 0.29) is 22.8 Å². The molecule has 2 aromatic carbocycles. The lowest BCUT2D eigenvalue weighted by atomic mass is 9.98. The van der Waals surface area contributed by atoms with Crippen LogP contribution in [0, 0.1) is 13.8 Å². The van der Waals surface area contributed by atoms with Crippen molar-refractivity contribution in [3.8, 4) is 11.5 Å². The summed E-state index contributed by atoms with van der Waals surface area (Å²) in [7, 11) is 0.332. The fourth-order valence-electron chi connectivity index (χ4n) is 2.87. The molecule has 0 aliphatic rings. The molecule has 2 atom stereocenters. The molecule has 0 spiro atoms. The first-order chi connectivity index (χ1) is 12.3. The van der Waals surface area contributed by atoms with Crippen molar-refractivity contribution in [2.24, 2.45) is 0 Å². The summed E-state index contributed by atoms with van der Waals surface area (Å²) in [5.74, 6) is 0.234. The van der Waals surface area contributed by atoms with Crippen LogP contribution in [-0.2, 0) is 4.57 Å². The number of rotatable bonds is 7. The highest BCUT2D eigenvalue weighted by Crippen LogP contribution is 2.41. The second-order valence-electron chi connectivity index (χ2n) is 5.98. The number of hydrogen-bond acceptors (Lipinski definition) is 5. The van der Waals surface area contributed by atoms with E-state index in [2.05, 4.69) is 0 Å². The maximum atomic E-state index is 12.9. The molecule has 0 aliphatic heterocycles. The summed E-state index contributed by atoms with van der Waals surface area (Å²) in [6, 6.07) is 10.4. The number of ether oxygens (including phenoxy) is 2. The minimum atomic E-state index is -2.51. The maximum Gasteiger partial charge on any atom is 0.431 e. The van der Waals surface area contributed by atoms with Gasteiger partial charge >= 0.3 is 13.3 Å². The molecule has 0 heterocycles. The van der Waals surface area contributed by atoms with Crippen LogP contribution in [0.4, 0.5) is 0 Å². The second-order valence-corrected chi connectivity index (χ2v) is 7.81. The van der Waals surface area contributed by atoms with Crippen molar-refractivity contribution in [3.63, 3.8) is 0 Å². The minimum absolute atomic E-state index is 0.0970. The fraction of sp³-hybridized carbons (Fsp3) is 0.300. The molecule has 2 unspecified atom stereocenters. The lowest BCUT2D eigenvalue weighted by Crippen LogP contribution is -2.19.